The van der Waals surface area contributed by atoms with Crippen LogP contribution >= 0.6 is 11.3 Å². The highest BCUT2D eigenvalue weighted by Gasteiger charge is 2.41. The zero-order chi connectivity index (χ0) is 19.7. The van der Waals surface area contributed by atoms with E-state index in [-0.39, 0.29) is 29.1 Å². The van der Waals surface area contributed by atoms with E-state index in [1.54, 1.807) is 18.2 Å². The molecular weight excluding hydrogens is 372 g/mol. The first-order chi connectivity index (χ1) is 12.9. The molecule has 9 heteroatoms. The summed E-state index contributed by atoms with van der Waals surface area (Å²) in [5.74, 6) is -0.436. The summed E-state index contributed by atoms with van der Waals surface area (Å²) in [4.78, 5) is 38.4. The topological polar surface area (TPSA) is 108 Å². The molecule has 0 fully saturated rings. The number of nitrogens with two attached hydrogens (primary N) is 1. The number of nitrogen functional groups attached to an aromatic ring is 1. The molecule has 1 aromatic heterocycles. The van der Waals surface area contributed by atoms with Gasteiger partial charge < -0.3 is 19.9 Å². The second-order valence-corrected chi connectivity index (χ2v) is 6.76. The number of ether oxygens (including phenoxy) is 3. The van der Waals surface area contributed by atoms with Crippen LogP contribution in [-0.4, -0.2) is 50.6 Å². The van der Waals surface area contributed by atoms with E-state index in [4.69, 9.17) is 15.2 Å². The number of rotatable bonds is 6. The molecule has 2 N–H and O–H groups in total. The summed E-state index contributed by atoms with van der Waals surface area (Å²) in [5.41, 5.74) is 7.14. The molecule has 2 aromatic rings. The highest BCUT2D eigenvalue weighted by atomic mass is 32.1. The van der Waals surface area contributed by atoms with Gasteiger partial charge in [0.1, 0.15) is 5.00 Å². The molecule has 1 aliphatic rings. The molecule has 27 heavy (non-hydrogen) atoms. The lowest BCUT2D eigenvalue weighted by Crippen LogP contribution is -2.32. The third kappa shape index (κ3) is 3.10. The molecule has 1 aliphatic heterocycles. The number of carbonyl (C=O) groups excluding carboxylic acids is 3. The zero-order valence-electron chi connectivity index (χ0n) is 15.0. The van der Waals surface area contributed by atoms with E-state index >= 15 is 0 Å². The van der Waals surface area contributed by atoms with E-state index in [9.17, 15) is 14.4 Å². The molecule has 0 saturated heterocycles. The molecule has 0 bridgehead atoms. The van der Waals surface area contributed by atoms with Crippen LogP contribution in [0.3, 0.4) is 0 Å². The Morgan fingerprint density at radius 3 is 2.37 bits per heavy atom. The smallest absolute Gasteiger partial charge is 0.307 e. The van der Waals surface area contributed by atoms with Crippen LogP contribution in [0.4, 0.5) is 5.00 Å². The normalized spacial score (nSPS) is 12.9. The minimum Gasteiger partial charge on any atom is -0.493 e. The number of esters is 1. The number of nitrogens with zero attached hydrogens (tertiary/aromatic N) is 1. The number of imide groups is 1. The number of carbonyl (C=O) groups is 3. The van der Waals surface area contributed by atoms with Crippen LogP contribution in [0.5, 0.6) is 11.5 Å². The Bertz CT molecular complexity index is 936. The van der Waals surface area contributed by atoms with Crippen LogP contribution in [0.15, 0.2) is 18.2 Å². The number of hydrogen-bond donors (Lipinski definition) is 1. The van der Waals surface area contributed by atoms with Crippen molar-refractivity contribution in [2.24, 2.45) is 0 Å². The Morgan fingerprint density at radius 1 is 1.07 bits per heavy atom. The van der Waals surface area contributed by atoms with Gasteiger partial charge >= 0.3 is 5.97 Å². The first kappa shape index (κ1) is 18.7. The molecule has 2 heterocycles. The predicted octanol–water partition coefficient (Wildman–Crippen LogP) is 2.17. The Balaban J connectivity index is 2.01. The molecule has 8 nitrogen and oxygen atoms in total. The van der Waals surface area contributed by atoms with Crippen molar-refractivity contribution >= 4 is 34.1 Å². The number of benzene rings is 1. The third-order valence-electron chi connectivity index (χ3n) is 4.27. The highest BCUT2D eigenvalue weighted by molar-refractivity contribution is 7.20. The van der Waals surface area contributed by atoms with Crippen LogP contribution in [0.1, 0.15) is 27.1 Å². The van der Waals surface area contributed by atoms with Gasteiger partial charge in [-0.3, -0.25) is 19.3 Å². The lowest BCUT2D eigenvalue weighted by Gasteiger charge is -2.14. The van der Waals surface area contributed by atoms with Crippen LogP contribution in [0.25, 0.3) is 10.4 Å². The van der Waals surface area contributed by atoms with Crippen LogP contribution in [-0.2, 0) is 9.53 Å². The molecule has 1 aromatic carbocycles. The van der Waals surface area contributed by atoms with Gasteiger partial charge in [0.2, 0.25) is 0 Å². The Hall–Kier alpha value is -3.07. The van der Waals surface area contributed by atoms with Crippen molar-refractivity contribution < 1.29 is 28.6 Å². The molecule has 0 aliphatic carbocycles. The maximum absolute atomic E-state index is 12.8. The van der Waals surface area contributed by atoms with Gasteiger partial charge in [0.05, 0.1) is 43.8 Å². The summed E-state index contributed by atoms with van der Waals surface area (Å²) in [7, 11) is 4.29. The molecular formula is C18H18N2O6S. The Labute approximate surface area is 159 Å². The summed E-state index contributed by atoms with van der Waals surface area (Å²) in [6.45, 7) is -0.0610. The predicted molar refractivity (Wildman–Crippen MR) is 99.3 cm³/mol. The van der Waals surface area contributed by atoms with Gasteiger partial charge in [-0.1, -0.05) is 0 Å². The Morgan fingerprint density at radius 2 is 1.74 bits per heavy atom. The van der Waals surface area contributed by atoms with Crippen LogP contribution < -0.4 is 15.2 Å². The standard InChI is InChI=1S/C18H18N2O6S/c1-24-10-5-4-9(8-11(10)25-2)15-13-14(16(19)27-15)18(23)20(17(13)22)7-6-12(21)26-3/h4-5,8H,6-7,19H2,1-3H3. The minimum atomic E-state index is -0.502. The number of anilines is 1. The monoisotopic (exact) mass is 390 g/mol. The van der Waals surface area contributed by atoms with Crippen molar-refractivity contribution in [2.45, 2.75) is 6.42 Å². The average Bonchev–Trinajstić information content (AvgIpc) is 3.15. The van der Waals surface area contributed by atoms with E-state index in [1.807, 2.05) is 0 Å². The average molecular weight is 390 g/mol. The fraction of sp³-hybridized carbons (Fsp3) is 0.278. The number of hydrogen-bond acceptors (Lipinski definition) is 8. The Kier molecular flexibility index (Phi) is 5.04. The third-order valence-corrected chi connectivity index (χ3v) is 5.33. The van der Waals surface area contributed by atoms with Crippen molar-refractivity contribution in [3.63, 3.8) is 0 Å². The van der Waals surface area contributed by atoms with Gasteiger partial charge in [-0.2, -0.15) is 0 Å². The van der Waals surface area contributed by atoms with Crippen molar-refractivity contribution in [3.8, 4) is 21.9 Å². The summed E-state index contributed by atoms with van der Waals surface area (Å²) < 4.78 is 15.1. The maximum Gasteiger partial charge on any atom is 0.307 e. The van der Waals surface area contributed by atoms with Gasteiger partial charge in [-0.25, -0.2) is 0 Å². The molecule has 2 amide bonds. The van der Waals surface area contributed by atoms with Gasteiger partial charge in [0, 0.05) is 6.54 Å². The number of methoxy groups -OCH3 is 3. The molecule has 3 rings (SSSR count). The summed E-state index contributed by atoms with van der Waals surface area (Å²) >= 11 is 1.16. The fourth-order valence-electron chi connectivity index (χ4n) is 2.92. The molecule has 0 unspecified atom stereocenters. The highest BCUT2D eigenvalue weighted by Crippen LogP contribution is 2.45. The minimum absolute atomic E-state index is 0.0610. The quantitative estimate of drug-likeness (QED) is 0.595. The van der Waals surface area contributed by atoms with Crippen molar-refractivity contribution in [1.82, 2.24) is 4.90 Å². The maximum atomic E-state index is 12.8. The first-order valence-corrected chi connectivity index (χ1v) is 8.82. The molecule has 0 spiro atoms. The summed E-state index contributed by atoms with van der Waals surface area (Å²) in [6, 6.07) is 5.20. The van der Waals surface area contributed by atoms with Crippen LogP contribution in [0.2, 0.25) is 0 Å². The largest absolute Gasteiger partial charge is 0.493 e. The van der Waals surface area contributed by atoms with Gasteiger partial charge in [0.15, 0.2) is 11.5 Å². The van der Waals surface area contributed by atoms with Crippen molar-refractivity contribution in [2.75, 3.05) is 33.6 Å². The molecule has 142 valence electrons. The summed E-state index contributed by atoms with van der Waals surface area (Å²) in [5, 5.41) is 0.258. The van der Waals surface area contributed by atoms with E-state index in [1.165, 1.54) is 21.3 Å². The molecule has 0 radical (unpaired) electrons. The number of fused-ring (bicyclic) bond motifs is 1. The van der Waals surface area contributed by atoms with Crippen molar-refractivity contribution in [1.29, 1.82) is 0 Å². The second kappa shape index (κ2) is 7.28. The number of thiophene rings is 1. The molecule has 0 saturated carbocycles. The first-order valence-electron chi connectivity index (χ1n) is 8.00. The number of amides is 2. The van der Waals surface area contributed by atoms with E-state index in [2.05, 4.69) is 4.74 Å². The fourth-order valence-corrected chi connectivity index (χ4v) is 3.96. The summed E-state index contributed by atoms with van der Waals surface area (Å²) in [6.07, 6.45) is -0.0761. The van der Waals surface area contributed by atoms with E-state index < -0.39 is 17.8 Å². The van der Waals surface area contributed by atoms with Gasteiger partial charge in [-0.05, 0) is 23.8 Å². The molecule has 0 atom stereocenters. The van der Waals surface area contributed by atoms with Crippen molar-refractivity contribution in [3.05, 3.63) is 29.3 Å². The van der Waals surface area contributed by atoms with Crippen LogP contribution in [0, 0.1) is 0 Å². The van der Waals surface area contributed by atoms with Gasteiger partial charge in [-0.15, -0.1) is 11.3 Å². The zero-order valence-corrected chi connectivity index (χ0v) is 15.8. The van der Waals surface area contributed by atoms with E-state index in [0.29, 0.717) is 21.9 Å². The lowest BCUT2D eigenvalue weighted by molar-refractivity contribution is -0.140. The second-order valence-electron chi connectivity index (χ2n) is 5.70. The SMILES string of the molecule is COC(=O)CCN1C(=O)c2c(N)sc(-c3ccc(OC)c(OC)c3)c2C1=O. The van der Waals surface area contributed by atoms with Gasteiger partial charge in [0.25, 0.3) is 11.8 Å². The lowest BCUT2D eigenvalue weighted by atomic mass is 10.1. The van der Waals surface area contributed by atoms with E-state index in [0.717, 1.165) is 16.2 Å².